The van der Waals surface area contributed by atoms with Gasteiger partial charge in [0.05, 0.1) is 31.5 Å². The summed E-state index contributed by atoms with van der Waals surface area (Å²) in [5.41, 5.74) is 0.976. The number of thiazole rings is 1. The summed E-state index contributed by atoms with van der Waals surface area (Å²) in [6, 6.07) is 7.99. The van der Waals surface area contributed by atoms with Gasteiger partial charge in [-0.25, -0.2) is 22.1 Å². The number of aromatic nitrogens is 1. The number of anilines is 2. The fourth-order valence-electron chi connectivity index (χ4n) is 5.68. The maximum atomic E-state index is 15.7. The van der Waals surface area contributed by atoms with E-state index < -0.39 is 20.7 Å². The average Bonchev–Trinajstić information content (AvgIpc) is 3.69. The Morgan fingerprint density at radius 2 is 1.90 bits per heavy atom. The van der Waals surface area contributed by atoms with Gasteiger partial charge in [0.2, 0.25) is 0 Å². The molecule has 1 aliphatic carbocycles. The molecule has 1 aromatic heterocycles. The van der Waals surface area contributed by atoms with Crippen LogP contribution in [0.5, 0.6) is 11.5 Å². The van der Waals surface area contributed by atoms with Crippen LogP contribution in [0.2, 0.25) is 5.02 Å². The first-order valence-corrected chi connectivity index (χ1v) is 16.1. The zero-order valence-electron chi connectivity index (χ0n) is 22.6. The number of methoxy groups -OCH3 is 2. The van der Waals surface area contributed by atoms with E-state index in [2.05, 4.69) is 15.2 Å². The second-order valence-corrected chi connectivity index (χ2v) is 13.2. The SMILES string of the molecule is COc1ccc(CN(c2nccs2)S(=O)(=O)c2cc(Cl)c(N[C@H]3CCCC[C@@H]3N3CCCC3)cc2F)c(OC)c1. The van der Waals surface area contributed by atoms with E-state index in [4.69, 9.17) is 21.1 Å². The predicted molar refractivity (Wildman–Crippen MR) is 157 cm³/mol. The van der Waals surface area contributed by atoms with Crippen LogP contribution in [0.4, 0.5) is 15.2 Å². The van der Waals surface area contributed by atoms with Crippen LogP contribution >= 0.6 is 22.9 Å². The Kier molecular flexibility index (Phi) is 9.04. The minimum atomic E-state index is -4.39. The lowest BCUT2D eigenvalue weighted by molar-refractivity contribution is 0.177. The van der Waals surface area contributed by atoms with Gasteiger partial charge >= 0.3 is 0 Å². The number of rotatable bonds is 10. The summed E-state index contributed by atoms with van der Waals surface area (Å²) >= 11 is 7.77. The number of halogens is 2. The lowest BCUT2D eigenvalue weighted by atomic mass is 9.89. The van der Waals surface area contributed by atoms with Gasteiger partial charge in [-0.3, -0.25) is 4.90 Å². The van der Waals surface area contributed by atoms with E-state index in [9.17, 15) is 8.42 Å². The van der Waals surface area contributed by atoms with Crippen molar-refractivity contribution in [3.8, 4) is 11.5 Å². The molecule has 8 nitrogen and oxygen atoms in total. The molecule has 2 aliphatic rings. The third-order valence-electron chi connectivity index (χ3n) is 7.71. The molecule has 0 amide bonds. The molecule has 216 valence electrons. The van der Waals surface area contributed by atoms with Crippen molar-refractivity contribution in [3.05, 3.63) is 58.3 Å². The van der Waals surface area contributed by atoms with Crippen LogP contribution in [0.15, 0.2) is 46.8 Å². The Morgan fingerprint density at radius 1 is 1.12 bits per heavy atom. The van der Waals surface area contributed by atoms with Gasteiger partial charge in [-0.05, 0) is 63.0 Å². The molecule has 5 rings (SSSR count). The molecule has 0 spiro atoms. The second-order valence-electron chi connectivity index (χ2n) is 10.1. The molecule has 3 aromatic rings. The highest BCUT2D eigenvalue weighted by Gasteiger charge is 2.34. The number of benzene rings is 2. The zero-order chi connectivity index (χ0) is 28.3. The standard InChI is InChI=1S/C28H34ClFN4O4S2/c1-37-20-10-9-19(26(15-20)38-2)18-34(28-31-11-14-39-28)40(35,36)27-16-21(29)24(17-22(27)30)32-23-7-3-4-8-25(23)33-12-5-6-13-33/h9-11,14-17,23,25,32H,3-8,12-13,18H2,1-2H3/t23-,25-/m0/s1. The minimum absolute atomic E-state index is 0.125. The molecule has 1 saturated carbocycles. The summed E-state index contributed by atoms with van der Waals surface area (Å²) < 4.78 is 55.4. The Balaban J connectivity index is 1.45. The summed E-state index contributed by atoms with van der Waals surface area (Å²) in [7, 11) is -1.36. The Labute approximate surface area is 244 Å². The fraction of sp³-hybridized carbons (Fsp3) is 0.464. The molecule has 1 aliphatic heterocycles. The number of ether oxygens (including phenoxy) is 2. The van der Waals surface area contributed by atoms with E-state index in [1.807, 2.05) is 0 Å². The van der Waals surface area contributed by atoms with Crippen LogP contribution in [0, 0.1) is 5.82 Å². The van der Waals surface area contributed by atoms with E-state index >= 15 is 4.39 Å². The molecular weight excluding hydrogens is 575 g/mol. The first kappa shape index (κ1) is 28.9. The molecule has 0 bridgehead atoms. The molecule has 2 atom stereocenters. The van der Waals surface area contributed by atoms with Gasteiger partial charge in [0.15, 0.2) is 5.13 Å². The lowest BCUT2D eigenvalue weighted by Gasteiger charge is -2.39. The van der Waals surface area contributed by atoms with E-state index in [1.54, 1.807) is 23.6 Å². The summed E-state index contributed by atoms with van der Waals surface area (Å²) in [6.07, 6.45) is 8.20. The first-order chi connectivity index (χ1) is 19.3. The summed E-state index contributed by atoms with van der Waals surface area (Å²) in [5, 5.41) is 5.48. The second kappa shape index (κ2) is 12.5. The Morgan fingerprint density at radius 3 is 2.60 bits per heavy atom. The fourth-order valence-corrected chi connectivity index (χ4v) is 8.30. The molecule has 1 saturated heterocycles. The average molecular weight is 609 g/mol. The molecule has 40 heavy (non-hydrogen) atoms. The van der Waals surface area contributed by atoms with E-state index in [0.29, 0.717) is 28.8 Å². The zero-order valence-corrected chi connectivity index (χ0v) is 25.0. The van der Waals surface area contributed by atoms with Gasteiger partial charge in [0, 0.05) is 35.3 Å². The van der Waals surface area contributed by atoms with Crippen molar-refractivity contribution in [1.29, 1.82) is 0 Å². The van der Waals surface area contributed by atoms with Gasteiger partial charge in [0.1, 0.15) is 22.2 Å². The van der Waals surface area contributed by atoms with Crippen LogP contribution in [0.1, 0.15) is 44.1 Å². The largest absolute Gasteiger partial charge is 0.497 e. The Hall–Kier alpha value is -2.60. The van der Waals surface area contributed by atoms with Crippen LogP contribution in [0.3, 0.4) is 0 Å². The first-order valence-electron chi connectivity index (χ1n) is 13.4. The van der Waals surface area contributed by atoms with Crippen molar-refractivity contribution in [2.45, 2.75) is 62.0 Å². The quantitative estimate of drug-likeness (QED) is 0.295. The van der Waals surface area contributed by atoms with Crippen LogP contribution < -0.4 is 19.1 Å². The summed E-state index contributed by atoms with van der Waals surface area (Å²) in [4.78, 5) is 6.22. The smallest absolute Gasteiger partial charge is 0.269 e. The lowest BCUT2D eigenvalue weighted by Crippen LogP contribution is -2.47. The molecule has 0 unspecified atom stereocenters. The van der Waals surface area contributed by atoms with Gasteiger partial charge in [-0.1, -0.05) is 24.4 Å². The van der Waals surface area contributed by atoms with Crippen molar-refractivity contribution < 1.29 is 22.3 Å². The van der Waals surface area contributed by atoms with E-state index in [0.717, 1.165) is 48.0 Å². The number of hydrogen-bond acceptors (Lipinski definition) is 8. The molecular formula is C28H34ClFN4O4S2. The van der Waals surface area contributed by atoms with Gasteiger partial charge in [-0.15, -0.1) is 11.3 Å². The number of sulfonamides is 1. The van der Waals surface area contributed by atoms with Crippen molar-refractivity contribution in [2.75, 3.05) is 36.9 Å². The van der Waals surface area contributed by atoms with Crippen molar-refractivity contribution in [2.24, 2.45) is 0 Å². The minimum Gasteiger partial charge on any atom is -0.497 e. The monoisotopic (exact) mass is 608 g/mol. The van der Waals surface area contributed by atoms with Crippen LogP contribution in [-0.2, 0) is 16.6 Å². The molecule has 12 heteroatoms. The van der Waals surface area contributed by atoms with Crippen LogP contribution in [0.25, 0.3) is 0 Å². The molecule has 2 aromatic carbocycles. The topological polar surface area (TPSA) is 84.0 Å². The Bertz CT molecular complexity index is 1420. The van der Waals surface area contributed by atoms with Crippen molar-refractivity contribution in [3.63, 3.8) is 0 Å². The highest BCUT2D eigenvalue weighted by molar-refractivity contribution is 7.93. The summed E-state index contributed by atoms with van der Waals surface area (Å²) in [6.45, 7) is 2.03. The number of hydrogen-bond donors (Lipinski definition) is 1. The highest BCUT2D eigenvalue weighted by atomic mass is 35.5. The van der Waals surface area contributed by atoms with E-state index in [1.165, 1.54) is 51.8 Å². The molecule has 2 fully saturated rings. The highest BCUT2D eigenvalue weighted by Crippen LogP contribution is 2.37. The summed E-state index contributed by atoms with van der Waals surface area (Å²) in [5.74, 6) is 0.132. The van der Waals surface area contributed by atoms with Crippen LogP contribution in [-0.4, -0.2) is 57.7 Å². The van der Waals surface area contributed by atoms with Crippen molar-refractivity contribution in [1.82, 2.24) is 9.88 Å². The maximum absolute atomic E-state index is 15.7. The number of nitrogens with one attached hydrogen (secondary N) is 1. The van der Waals surface area contributed by atoms with E-state index in [-0.39, 0.29) is 22.7 Å². The molecule has 1 N–H and O–H groups in total. The van der Waals surface area contributed by atoms with Gasteiger partial charge < -0.3 is 14.8 Å². The van der Waals surface area contributed by atoms with Crippen molar-refractivity contribution >= 4 is 43.8 Å². The molecule has 0 radical (unpaired) electrons. The van der Waals surface area contributed by atoms with Gasteiger partial charge in [0.25, 0.3) is 10.0 Å². The third kappa shape index (κ3) is 6.02. The maximum Gasteiger partial charge on any atom is 0.269 e. The number of likely N-dealkylation sites (tertiary alicyclic amines) is 1. The predicted octanol–water partition coefficient (Wildman–Crippen LogP) is 6.17. The third-order valence-corrected chi connectivity index (χ3v) is 10.7. The van der Waals surface area contributed by atoms with Gasteiger partial charge in [-0.2, -0.15) is 0 Å². The number of nitrogens with zero attached hydrogens (tertiary/aromatic N) is 3. The molecule has 2 heterocycles. The normalized spacial score (nSPS) is 19.9.